The molecule has 1 rings (SSSR count). The Bertz CT molecular complexity index is 268. The lowest BCUT2D eigenvalue weighted by atomic mass is 10.1. The van der Waals surface area contributed by atoms with Crippen LogP contribution in [-0.4, -0.2) is 45.4 Å². The highest BCUT2D eigenvalue weighted by Crippen LogP contribution is 2.06. The molecule has 0 N–H and O–H groups in total. The first-order valence-electron chi connectivity index (χ1n) is 5.28. The Hall–Kier alpha value is -0.710. The van der Waals surface area contributed by atoms with E-state index in [1.807, 2.05) is 6.92 Å². The molecule has 0 aromatic heterocycles. The van der Waals surface area contributed by atoms with Gasteiger partial charge in [0.1, 0.15) is 11.5 Å². The molecule has 1 aliphatic heterocycles. The average molecular weight is 231 g/mol. The van der Waals surface area contributed by atoms with Gasteiger partial charge in [-0.05, 0) is 6.42 Å². The molecule has 0 radical (unpaired) electrons. The zero-order valence-electron chi connectivity index (χ0n) is 9.03. The molecule has 86 valence electrons. The molecule has 0 saturated carbocycles. The molecule has 15 heavy (non-hydrogen) atoms. The number of likely N-dealkylation sites (tertiary alicyclic amines) is 1. The van der Waals surface area contributed by atoms with E-state index >= 15 is 0 Å². The Morgan fingerprint density at radius 2 is 2.00 bits per heavy atom. The number of ketones is 1. The molecule has 0 aromatic rings. The minimum absolute atomic E-state index is 0.0747. The first kappa shape index (κ1) is 12.4. The van der Waals surface area contributed by atoms with E-state index in [9.17, 15) is 13.8 Å². The lowest BCUT2D eigenvalue weighted by Crippen LogP contribution is -2.41. The van der Waals surface area contributed by atoms with E-state index in [2.05, 4.69) is 0 Å². The Balaban J connectivity index is 2.34. The zero-order chi connectivity index (χ0) is 11.3. The van der Waals surface area contributed by atoms with Gasteiger partial charge in [-0.1, -0.05) is 6.92 Å². The topological polar surface area (TPSA) is 54.5 Å². The summed E-state index contributed by atoms with van der Waals surface area (Å²) >= 11 is 0. The van der Waals surface area contributed by atoms with Crippen molar-refractivity contribution >= 4 is 22.5 Å². The van der Waals surface area contributed by atoms with Gasteiger partial charge in [0.25, 0.3) is 0 Å². The Morgan fingerprint density at radius 3 is 2.53 bits per heavy atom. The Labute approximate surface area is 92.5 Å². The second-order valence-corrected chi connectivity index (χ2v) is 5.28. The summed E-state index contributed by atoms with van der Waals surface area (Å²) in [6.45, 7) is 2.95. The summed E-state index contributed by atoms with van der Waals surface area (Å²) in [5.41, 5.74) is 0. The number of carbonyl (C=O) groups is 2. The molecule has 1 saturated heterocycles. The number of hydrogen-bond donors (Lipinski definition) is 0. The number of amides is 1. The van der Waals surface area contributed by atoms with Gasteiger partial charge in [0.15, 0.2) is 0 Å². The van der Waals surface area contributed by atoms with Gasteiger partial charge < -0.3 is 4.90 Å². The highest BCUT2D eigenvalue weighted by Gasteiger charge is 2.21. The van der Waals surface area contributed by atoms with Crippen LogP contribution in [0, 0.1) is 0 Å². The third-order valence-electron chi connectivity index (χ3n) is 2.39. The van der Waals surface area contributed by atoms with Gasteiger partial charge in [0.2, 0.25) is 5.91 Å². The second kappa shape index (κ2) is 6.00. The minimum Gasteiger partial charge on any atom is -0.341 e. The lowest BCUT2D eigenvalue weighted by molar-refractivity contribution is -0.132. The molecule has 1 aliphatic rings. The predicted molar refractivity (Wildman–Crippen MR) is 59.0 cm³/mol. The van der Waals surface area contributed by atoms with Gasteiger partial charge in [0, 0.05) is 42.5 Å². The number of rotatable bonds is 4. The molecular weight excluding hydrogens is 214 g/mol. The Kier molecular flexibility index (Phi) is 4.94. The van der Waals surface area contributed by atoms with Crippen molar-refractivity contribution in [1.29, 1.82) is 0 Å². The van der Waals surface area contributed by atoms with Crippen LogP contribution in [-0.2, 0) is 20.4 Å². The van der Waals surface area contributed by atoms with E-state index in [1.165, 1.54) is 0 Å². The fraction of sp³-hybridized carbons (Fsp3) is 0.800. The predicted octanol–water partition coefficient (Wildman–Crippen LogP) is 0.337. The molecule has 0 aromatic carbocycles. The summed E-state index contributed by atoms with van der Waals surface area (Å²) in [6, 6.07) is 0. The largest absolute Gasteiger partial charge is 0.341 e. The van der Waals surface area contributed by atoms with Crippen LogP contribution >= 0.6 is 0 Å². The van der Waals surface area contributed by atoms with Crippen molar-refractivity contribution in [2.24, 2.45) is 0 Å². The van der Waals surface area contributed by atoms with E-state index in [-0.39, 0.29) is 17.4 Å². The van der Waals surface area contributed by atoms with Crippen molar-refractivity contribution in [2.75, 3.05) is 24.6 Å². The number of carbonyl (C=O) groups excluding carboxylic acids is 2. The standard InChI is InChI=1S/C10H17NO3S/c1-2-7-15(14)8-10(13)11-5-3-9(12)4-6-11/h2-8H2,1H3. The molecule has 1 atom stereocenters. The molecule has 5 heteroatoms. The van der Waals surface area contributed by atoms with Crippen LogP contribution in [0.1, 0.15) is 26.2 Å². The van der Waals surface area contributed by atoms with Crippen LogP contribution in [0.3, 0.4) is 0 Å². The van der Waals surface area contributed by atoms with E-state index in [1.54, 1.807) is 4.90 Å². The summed E-state index contributed by atoms with van der Waals surface area (Å²) < 4.78 is 11.4. The third-order valence-corrected chi connectivity index (χ3v) is 3.82. The smallest absolute Gasteiger partial charge is 0.235 e. The van der Waals surface area contributed by atoms with E-state index in [0.717, 1.165) is 6.42 Å². The van der Waals surface area contributed by atoms with Crippen LogP contribution in [0.15, 0.2) is 0 Å². The first-order chi connectivity index (χ1) is 7.13. The minimum atomic E-state index is -1.04. The zero-order valence-corrected chi connectivity index (χ0v) is 9.85. The van der Waals surface area contributed by atoms with E-state index in [0.29, 0.717) is 31.7 Å². The van der Waals surface area contributed by atoms with Crippen LogP contribution in [0.2, 0.25) is 0 Å². The van der Waals surface area contributed by atoms with Gasteiger partial charge in [-0.2, -0.15) is 0 Å². The second-order valence-electron chi connectivity index (χ2n) is 3.71. The van der Waals surface area contributed by atoms with Crippen LogP contribution in [0.5, 0.6) is 0 Å². The molecule has 0 bridgehead atoms. The first-order valence-corrected chi connectivity index (χ1v) is 6.76. The quantitative estimate of drug-likeness (QED) is 0.701. The van der Waals surface area contributed by atoms with Crippen molar-refractivity contribution < 1.29 is 13.8 Å². The van der Waals surface area contributed by atoms with Crippen LogP contribution in [0.25, 0.3) is 0 Å². The SMILES string of the molecule is CCCS(=O)CC(=O)N1CCC(=O)CC1. The Morgan fingerprint density at radius 1 is 1.40 bits per heavy atom. The monoisotopic (exact) mass is 231 g/mol. The van der Waals surface area contributed by atoms with Gasteiger partial charge in [-0.3, -0.25) is 13.8 Å². The molecule has 0 spiro atoms. The van der Waals surface area contributed by atoms with Crippen molar-refractivity contribution in [1.82, 2.24) is 4.90 Å². The number of nitrogens with zero attached hydrogens (tertiary/aromatic N) is 1. The molecule has 1 amide bonds. The maximum atomic E-state index is 11.6. The van der Waals surface area contributed by atoms with Gasteiger partial charge in [-0.25, -0.2) is 0 Å². The molecule has 1 unspecified atom stereocenters. The number of piperidine rings is 1. The van der Waals surface area contributed by atoms with E-state index < -0.39 is 10.8 Å². The lowest BCUT2D eigenvalue weighted by Gasteiger charge is -2.25. The number of Topliss-reactive ketones (excluding diaryl/α,β-unsaturated/α-hetero) is 1. The average Bonchev–Trinajstić information content (AvgIpc) is 2.18. The van der Waals surface area contributed by atoms with Crippen LogP contribution < -0.4 is 0 Å². The van der Waals surface area contributed by atoms with E-state index in [4.69, 9.17) is 0 Å². The molecule has 0 aliphatic carbocycles. The fourth-order valence-electron chi connectivity index (χ4n) is 1.53. The normalized spacial score (nSPS) is 19.0. The summed E-state index contributed by atoms with van der Waals surface area (Å²) in [7, 11) is -1.04. The maximum Gasteiger partial charge on any atom is 0.235 e. The highest BCUT2D eigenvalue weighted by atomic mass is 32.2. The van der Waals surface area contributed by atoms with Crippen molar-refractivity contribution in [2.45, 2.75) is 26.2 Å². The van der Waals surface area contributed by atoms with Gasteiger partial charge in [0.05, 0.1) is 0 Å². The molecule has 1 heterocycles. The maximum absolute atomic E-state index is 11.6. The van der Waals surface area contributed by atoms with Crippen molar-refractivity contribution in [3.63, 3.8) is 0 Å². The van der Waals surface area contributed by atoms with Gasteiger partial charge >= 0.3 is 0 Å². The fourth-order valence-corrected chi connectivity index (χ4v) is 2.59. The van der Waals surface area contributed by atoms with Crippen molar-refractivity contribution in [3.05, 3.63) is 0 Å². The summed E-state index contributed by atoms with van der Waals surface area (Å²) in [4.78, 5) is 24.2. The number of hydrogen-bond acceptors (Lipinski definition) is 3. The highest BCUT2D eigenvalue weighted by molar-refractivity contribution is 7.85. The van der Waals surface area contributed by atoms with Gasteiger partial charge in [-0.15, -0.1) is 0 Å². The molecule has 4 nitrogen and oxygen atoms in total. The summed E-state index contributed by atoms with van der Waals surface area (Å²) in [5, 5.41) is 0. The summed E-state index contributed by atoms with van der Waals surface area (Å²) in [6.07, 6.45) is 1.73. The van der Waals surface area contributed by atoms with Crippen LogP contribution in [0.4, 0.5) is 0 Å². The molecular formula is C10H17NO3S. The van der Waals surface area contributed by atoms with Crippen molar-refractivity contribution in [3.8, 4) is 0 Å². The third kappa shape index (κ3) is 4.11. The summed E-state index contributed by atoms with van der Waals surface area (Å²) in [5.74, 6) is 0.837. The molecule has 1 fully saturated rings.